The molecule has 1 aliphatic rings. The van der Waals surface area contributed by atoms with Crippen LogP contribution in [-0.2, 0) is 29.6 Å². The fourth-order valence-electron chi connectivity index (χ4n) is 4.70. The first kappa shape index (κ1) is 33.4. The first-order valence-corrected chi connectivity index (χ1v) is 17.2. The lowest BCUT2D eigenvalue weighted by atomic mass is 10.2. The minimum absolute atomic E-state index is 0.0254. The van der Waals surface area contributed by atoms with E-state index in [0.29, 0.717) is 17.0 Å². The van der Waals surface area contributed by atoms with Crippen molar-refractivity contribution in [2.75, 3.05) is 31.6 Å². The summed E-state index contributed by atoms with van der Waals surface area (Å²) in [6.07, 6.45) is 1.32. The van der Waals surface area contributed by atoms with Gasteiger partial charge < -0.3 is 10.1 Å². The standard InChI is InChI=1S/C32H30FN5O7S2/c33-25-13-15-26(16-14-25)35-31(39)23-45-27-17-11-24(12-18-27)21-34-36-32(40)30-22-37(46(41,42)28-7-3-1-4-8-28)19-20-38(30)47(43,44)29-9-5-2-6-10-29/h1-18,21,30H,19-20,22-23H2,(H,35,39)(H,36,40)/b34-21-/t30-/m1/s1. The van der Waals surface area contributed by atoms with Gasteiger partial charge in [0.15, 0.2) is 6.61 Å². The maximum atomic E-state index is 13.5. The third kappa shape index (κ3) is 8.26. The molecule has 12 nitrogen and oxygen atoms in total. The molecule has 0 bridgehead atoms. The van der Waals surface area contributed by atoms with Gasteiger partial charge in [0.2, 0.25) is 20.0 Å². The molecule has 0 unspecified atom stereocenters. The maximum absolute atomic E-state index is 13.5. The number of nitrogens with zero attached hydrogens (tertiary/aromatic N) is 3. The Morgan fingerprint density at radius 2 is 1.40 bits per heavy atom. The van der Waals surface area contributed by atoms with Gasteiger partial charge in [-0.1, -0.05) is 36.4 Å². The highest BCUT2D eigenvalue weighted by molar-refractivity contribution is 7.89. The minimum Gasteiger partial charge on any atom is -0.484 e. The van der Waals surface area contributed by atoms with Gasteiger partial charge in [0.05, 0.1) is 16.0 Å². The molecule has 1 aliphatic heterocycles. The molecule has 244 valence electrons. The molecule has 0 aliphatic carbocycles. The number of sulfonamides is 2. The average molecular weight is 680 g/mol. The molecule has 0 aromatic heterocycles. The van der Waals surface area contributed by atoms with E-state index in [9.17, 15) is 30.8 Å². The van der Waals surface area contributed by atoms with Crippen molar-refractivity contribution in [3.05, 3.63) is 121 Å². The summed E-state index contributed by atoms with van der Waals surface area (Å²) in [5, 5.41) is 6.55. The Bertz CT molecular complexity index is 1940. The third-order valence-corrected chi connectivity index (χ3v) is 10.9. The minimum atomic E-state index is -4.16. The second kappa shape index (κ2) is 14.6. The van der Waals surface area contributed by atoms with Crippen LogP contribution in [0.1, 0.15) is 5.56 Å². The third-order valence-electron chi connectivity index (χ3n) is 7.09. The highest BCUT2D eigenvalue weighted by atomic mass is 32.2. The van der Waals surface area contributed by atoms with Crippen LogP contribution >= 0.6 is 0 Å². The van der Waals surface area contributed by atoms with Crippen molar-refractivity contribution >= 4 is 43.8 Å². The zero-order valence-electron chi connectivity index (χ0n) is 24.8. The SMILES string of the molecule is O=C(COc1ccc(/C=N\NC(=O)[C@H]2CN(S(=O)(=O)c3ccccc3)CCN2S(=O)(=O)c2ccccc2)cc1)Nc1ccc(F)cc1. The Labute approximate surface area is 271 Å². The molecule has 1 heterocycles. The van der Waals surface area contributed by atoms with Crippen LogP contribution in [0.3, 0.4) is 0 Å². The number of carbonyl (C=O) groups excluding carboxylic acids is 2. The van der Waals surface area contributed by atoms with Crippen molar-refractivity contribution < 1.29 is 35.6 Å². The monoisotopic (exact) mass is 679 g/mol. The van der Waals surface area contributed by atoms with Gasteiger partial charge in [0.25, 0.3) is 11.8 Å². The molecule has 1 atom stereocenters. The fraction of sp³-hybridized carbons (Fsp3) is 0.156. The largest absolute Gasteiger partial charge is 0.484 e. The molecule has 0 saturated carbocycles. The number of nitrogens with one attached hydrogen (secondary N) is 2. The first-order chi connectivity index (χ1) is 22.5. The lowest BCUT2D eigenvalue weighted by molar-refractivity contribution is -0.125. The van der Waals surface area contributed by atoms with E-state index in [4.69, 9.17) is 4.74 Å². The van der Waals surface area contributed by atoms with E-state index in [2.05, 4.69) is 15.8 Å². The molecule has 4 aromatic rings. The Morgan fingerprint density at radius 3 is 2.02 bits per heavy atom. The number of piperazine rings is 1. The second-order valence-electron chi connectivity index (χ2n) is 10.3. The lowest BCUT2D eigenvalue weighted by Crippen LogP contribution is -2.60. The normalized spacial score (nSPS) is 16.1. The summed E-state index contributed by atoms with van der Waals surface area (Å²) in [5.74, 6) is -1.30. The summed E-state index contributed by atoms with van der Waals surface area (Å²) in [6.45, 7) is -1.12. The van der Waals surface area contributed by atoms with E-state index < -0.39 is 50.3 Å². The highest BCUT2D eigenvalue weighted by Crippen LogP contribution is 2.25. The number of benzene rings is 4. The number of amides is 2. The molecule has 2 N–H and O–H groups in total. The van der Waals surface area contributed by atoms with Crippen LogP contribution in [0.4, 0.5) is 10.1 Å². The maximum Gasteiger partial charge on any atom is 0.262 e. The smallest absolute Gasteiger partial charge is 0.262 e. The van der Waals surface area contributed by atoms with E-state index in [0.717, 1.165) is 8.61 Å². The predicted octanol–water partition coefficient (Wildman–Crippen LogP) is 3.06. The Morgan fingerprint density at radius 1 is 0.809 bits per heavy atom. The number of hydrogen-bond donors (Lipinski definition) is 2. The second-order valence-corrected chi connectivity index (χ2v) is 14.1. The number of ether oxygens (including phenoxy) is 1. The van der Waals surface area contributed by atoms with Gasteiger partial charge >= 0.3 is 0 Å². The van der Waals surface area contributed by atoms with E-state index in [1.807, 2.05) is 0 Å². The van der Waals surface area contributed by atoms with E-state index >= 15 is 0 Å². The lowest BCUT2D eigenvalue weighted by Gasteiger charge is -2.38. The van der Waals surface area contributed by atoms with Crippen molar-refractivity contribution in [1.82, 2.24) is 14.0 Å². The van der Waals surface area contributed by atoms with Gasteiger partial charge in [-0.05, 0) is 78.4 Å². The number of rotatable bonds is 11. The number of anilines is 1. The Hall–Kier alpha value is -4.96. The Kier molecular flexibility index (Phi) is 10.4. The molecule has 1 saturated heterocycles. The molecule has 0 spiro atoms. The van der Waals surface area contributed by atoms with Crippen LogP contribution in [0.25, 0.3) is 0 Å². The number of hydrogen-bond acceptors (Lipinski definition) is 8. The van der Waals surface area contributed by atoms with Gasteiger partial charge in [-0.25, -0.2) is 26.7 Å². The van der Waals surface area contributed by atoms with Crippen LogP contribution < -0.4 is 15.5 Å². The summed E-state index contributed by atoms with van der Waals surface area (Å²) in [5.41, 5.74) is 3.31. The quantitative estimate of drug-likeness (QED) is 0.183. The van der Waals surface area contributed by atoms with Crippen LogP contribution in [0.5, 0.6) is 5.75 Å². The van der Waals surface area contributed by atoms with Crippen LogP contribution in [0, 0.1) is 5.82 Å². The summed E-state index contributed by atoms with van der Waals surface area (Å²) in [6, 6.07) is 25.6. The summed E-state index contributed by atoms with van der Waals surface area (Å²) in [4.78, 5) is 25.5. The van der Waals surface area contributed by atoms with Gasteiger partial charge in [0, 0.05) is 25.3 Å². The molecule has 4 aromatic carbocycles. The predicted molar refractivity (Wildman–Crippen MR) is 172 cm³/mol. The van der Waals surface area contributed by atoms with E-state index in [-0.39, 0.29) is 29.5 Å². The number of halogens is 1. The fourth-order valence-corrected chi connectivity index (χ4v) is 7.75. The van der Waals surface area contributed by atoms with Crippen molar-refractivity contribution in [2.24, 2.45) is 5.10 Å². The molecule has 0 radical (unpaired) electrons. The zero-order valence-corrected chi connectivity index (χ0v) is 26.4. The topological polar surface area (TPSA) is 155 Å². The van der Waals surface area contributed by atoms with Crippen LogP contribution in [-0.4, -0.2) is 75.8 Å². The van der Waals surface area contributed by atoms with Gasteiger partial charge in [-0.2, -0.15) is 13.7 Å². The average Bonchev–Trinajstić information content (AvgIpc) is 3.09. The van der Waals surface area contributed by atoms with Crippen LogP contribution in [0.15, 0.2) is 124 Å². The van der Waals surface area contributed by atoms with Gasteiger partial charge in [0.1, 0.15) is 17.6 Å². The van der Waals surface area contributed by atoms with Crippen molar-refractivity contribution in [3.63, 3.8) is 0 Å². The van der Waals surface area contributed by atoms with E-state index in [1.54, 1.807) is 60.7 Å². The molecule has 15 heteroatoms. The van der Waals surface area contributed by atoms with Gasteiger partial charge in [-0.15, -0.1) is 0 Å². The van der Waals surface area contributed by atoms with Crippen molar-refractivity contribution in [2.45, 2.75) is 15.8 Å². The van der Waals surface area contributed by atoms with Crippen molar-refractivity contribution in [3.8, 4) is 5.75 Å². The molecule has 1 fully saturated rings. The highest BCUT2D eigenvalue weighted by Gasteiger charge is 2.43. The Balaban J connectivity index is 1.24. The van der Waals surface area contributed by atoms with Crippen molar-refractivity contribution in [1.29, 1.82) is 0 Å². The molecule has 47 heavy (non-hydrogen) atoms. The van der Waals surface area contributed by atoms with Crippen LogP contribution in [0.2, 0.25) is 0 Å². The molecular weight excluding hydrogens is 650 g/mol. The zero-order chi connectivity index (χ0) is 33.4. The summed E-state index contributed by atoms with van der Waals surface area (Å²) in [7, 11) is -8.18. The molecule has 5 rings (SSSR count). The number of carbonyl (C=O) groups is 2. The van der Waals surface area contributed by atoms with Gasteiger partial charge in [-0.3, -0.25) is 9.59 Å². The van der Waals surface area contributed by atoms with E-state index in [1.165, 1.54) is 54.7 Å². The summed E-state index contributed by atoms with van der Waals surface area (Å²) < 4.78 is 74.4. The molecule has 2 amide bonds. The summed E-state index contributed by atoms with van der Waals surface area (Å²) >= 11 is 0. The molecular formula is C32H30FN5O7S2. The number of hydrazone groups is 1. The first-order valence-electron chi connectivity index (χ1n) is 14.3.